The minimum absolute atomic E-state index is 0.0308. The van der Waals surface area contributed by atoms with Crippen LogP contribution < -0.4 is 0 Å². The number of hydrogen-bond donors (Lipinski definition) is 0. The van der Waals surface area contributed by atoms with Crippen LogP contribution in [-0.4, -0.2) is 9.97 Å². The van der Waals surface area contributed by atoms with Gasteiger partial charge in [0, 0.05) is 16.5 Å². The number of benzene rings is 2. The summed E-state index contributed by atoms with van der Waals surface area (Å²) in [5, 5.41) is 1.24. The highest BCUT2D eigenvalue weighted by molar-refractivity contribution is 6.36. The van der Waals surface area contributed by atoms with Crippen LogP contribution in [0, 0.1) is 0 Å². The van der Waals surface area contributed by atoms with Crippen molar-refractivity contribution in [3.8, 4) is 0 Å². The fourth-order valence-corrected chi connectivity index (χ4v) is 3.77. The molecule has 1 unspecified atom stereocenters. The van der Waals surface area contributed by atoms with Crippen molar-refractivity contribution in [2.75, 3.05) is 0 Å². The third-order valence-corrected chi connectivity index (χ3v) is 4.68. The van der Waals surface area contributed by atoms with Crippen LogP contribution in [0.4, 0.5) is 0 Å². The van der Waals surface area contributed by atoms with Gasteiger partial charge in [-0.2, -0.15) is 0 Å². The third kappa shape index (κ3) is 4.01. The molecule has 122 valence electrons. The van der Waals surface area contributed by atoms with Crippen molar-refractivity contribution < 1.29 is 0 Å². The Hall–Kier alpha value is -1.32. The van der Waals surface area contributed by atoms with Gasteiger partial charge >= 0.3 is 0 Å². The molecule has 2 nitrogen and oxygen atoms in total. The lowest BCUT2D eigenvalue weighted by Gasteiger charge is -2.20. The SMILES string of the molecule is Clc1cccc(CC(c2ccccc2)c2c(Cl)nc(Cl)nc2Cl)c1. The van der Waals surface area contributed by atoms with E-state index in [4.69, 9.17) is 46.4 Å². The summed E-state index contributed by atoms with van der Waals surface area (Å²) in [6.07, 6.45) is 0.662. The number of hydrogen-bond acceptors (Lipinski definition) is 2. The second-order valence-electron chi connectivity index (χ2n) is 5.29. The molecule has 6 heteroatoms. The van der Waals surface area contributed by atoms with E-state index in [1.54, 1.807) is 0 Å². The van der Waals surface area contributed by atoms with Crippen LogP contribution in [0.3, 0.4) is 0 Å². The average Bonchev–Trinajstić information content (AvgIpc) is 2.54. The van der Waals surface area contributed by atoms with Gasteiger partial charge in [-0.25, -0.2) is 9.97 Å². The summed E-state index contributed by atoms with van der Waals surface area (Å²) >= 11 is 24.6. The molecule has 3 aromatic rings. The molecular formula is C18H12Cl4N2. The standard InChI is InChI=1S/C18H12Cl4N2/c19-13-8-4-5-11(9-13)10-14(12-6-2-1-3-7-12)15-16(20)23-18(22)24-17(15)21/h1-9,14H,10H2. The quantitative estimate of drug-likeness (QED) is 0.372. The smallest absolute Gasteiger partial charge is 0.206 e. The fraction of sp³-hybridized carbons (Fsp3) is 0.111. The van der Waals surface area contributed by atoms with E-state index in [1.807, 2.05) is 54.6 Å². The Kier molecular flexibility index (Phi) is 5.62. The molecule has 0 N–H and O–H groups in total. The molecule has 0 amide bonds. The second kappa shape index (κ2) is 7.71. The Labute approximate surface area is 160 Å². The zero-order valence-corrected chi connectivity index (χ0v) is 15.4. The monoisotopic (exact) mass is 396 g/mol. The zero-order chi connectivity index (χ0) is 17.1. The van der Waals surface area contributed by atoms with Gasteiger partial charge in [0.25, 0.3) is 0 Å². The molecule has 1 aromatic heterocycles. The topological polar surface area (TPSA) is 25.8 Å². The number of halogens is 4. The highest BCUT2D eigenvalue weighted by Crippen LogP contribution is 2.37. The molecule has 1 atom stereocenters. The van der Waals surface area contributed by atoms with E-state index in [1.165, 1.54) is 0 Å². The number of aromatic nitrogens is 2. The molecular weight excluding hydrogens is 386 g/mol. The summed E-state index contributed by atoms with van der Waals surface area (Å²) in [7, 11) is 0. The maximum atomic E-state index is 6.33. The van der Waals surface area contributed by atoms with Crippen molar-refractivity contribution in [1.29, 1.82) is 0 Å². The van der Waals surface area contributed by atoms with Crippen LogP contribution in [-0.2, 0) is 6.42 Å². The summed E-state index contributed by atoms with van der Waals surface area (Å²) in [5.74, 6) is -0.109. The normalized spacial score (nSPS) is 12.2. The van der Waals surface area contributed by atoms with Gasteiger partial charge in [-0.05, 0) is 41.3 Å². The Bertz CT molecular complexity index is 830. The lowest BCUT2D eigenvalue weighted by Crippen LogP contribution is -2.09. The molecule has 0 bridgehead atoms. The Morgan fingerprint density at radius 3 is 2.08 bits per heavy atom. The molecule has 3 rings (SSSR count). The van der Waals surface area contributed by atoms with Crippen LogP contribution in [0.2, 0.25) is 20.6 Å². The first-order valence-corrected chi connectivity index (χ1v) is 8.73. The van der Waals surface area contributed by atoms with Gasteiger partial charge in [-0.15, -0.1) is 0 Å². The lowest BCUT2D eigenvalue weighted by molar-refractivity contribution is 0.792. The predicted molar refractivity (Wildman–Crippen MR) is 101 cm³/mol. The Morgan fingerprint density at radius 2 is 1.46 bits per heavy atom. The van der Waals surface area contributed by atoms with Crippen LogP contribution in [0.5, 0.6) is 0 Å². The molecule has 0 spiro atoms. The van der Waals surface area contributed by atoms with E-state index in [9.17, 15) is 0 Å². The van der Waals surface area contributed by atoms with E-state index in [2.05, 4.69) is 9.97 Å². The molecule has 0 fully saturated rings. The Balaban J connectivity index is 2.10. The first-order chi connectivity index (χ1) is 11.5. The van der Waals surface area contributed by atoms with Gasteiger partial charge in [-0.1, -0.05) is 77.3 Å². The van der Waals surface area contributed by atoms with Crippen LogP contribution in [0.1, 0.15) is 22.6 Å². The molecule has 24 heavy (non-hydrogen) atoms. The van der Waals surface area contributed by atoms with E-state index in [-0.39, 0.29) is 21.5 Å². The van der Waals surface area contributed by atoms with Gasteiger partial charge in [-0.3, -0.25) is 0 Å². The van der Waals surface area contributed by atoms with Crippen molar-refractivity contribution in [1.82, 2.24) is 9.97 Å². The molecule has 0 saturated carbocycles. The maximum absolute atomic E-state index is 6.33. The highest BCUT2D eigenvalue weighted by Gasteiger charge is 2.23. The molecule has 0 aliphatic rings. The summed E-state index contributed by atoms with van der Waals surface area (Å²) in [4.78, 5) is 8.10. The first-order valence-electron chi connectivity index (χ1n) is 7.22. The van der Waals surface area contributed by atoms with E-state index < -0.39 is 0 Å². The van der Waals surface area contributed by atoms with Gasteiger partial charge in [0.05, 0.1) is 0 Å². The van der Waals surface area contributed by atoms with Crippen molar-refractivity contribution in [2.45, 2.75) is 12.3 Å². The fourth-order valence-electron chi connectivity index (χ4n) is 2.65. The van der Waals surface area contributed by atoms with Crippen molar-refractivity contribution in [3.05, 3.63) is 91.9 Å². The minimum Gasteiger partial charge on any atom is -0.206 e. The van der Waals surface area contributed by atoms with Crippen molar-refractivity contribution >= 4 is 46.4 Å². The summed E-state index contributed by atoms with van der Waals surface area (Å²) in [5.41, 5.74) is 2.79. The van der Waals surface area contributed by atoms with Crippen LogP contribution in [0.15, 0.2) is 54.6 Å². The van der Waals surface area contributed by atoms with E-state index >= 15 is 0 Å². The predicted octanol–water partition coefficient (Wildman–Crippen LogP) is 6.46. The second-order valence-corrected chi connectivity index (χ2v) is 6.78. The minimum atomic E-state index is -0.109. The maximum Gasteiger partial charge on any atom is 0.225 e. The number of nitrogens with zero attached hydrogens (tertiary/aromatic N) is 2. The number of rotatable bonds is 4. The molecule has 0 aliphatic heterocycles. The molecule has 0 saturated heterocycles. The first kappa shape index (κ1) is 17.5. The lowest BCUT2D eigenvalue weighted by atomic mass is 9.87. The molecule has 2 aromatic carbocycles. The van der Waals surface area contributed by atoms with E-state index in [0.29, 0.717) is 17.0 Å². The average molecular weight is 398 g/mol. The van der Waals surface area contributed by atoms with E-state index in [0.717, 1.165) is 11.1 Å². The van der Waals surface area contributed by atoms with Gasteiger partial charge in [0.15, 0.2) is 0 Å². The van der Waals surface area contributed by atoms with Crippen LogP contribution in [0.25, 0.3) is 0 Å². The summed E-state index contributed by atoms with van der Waals surface area (Å²) in [6.45, 7) is 0. The van der Waals surface area contributed by atoms with Crippen molar-refractivity contribution in [3.63, 3.8) is 0 Å². The summed E-state index contributed by atoms with van der Waals surface area (Å²) in [6, 6.07) is 17.7. The van der Waals surface area contributed by atoms with Crippen molar-refractivity contribution in [2.24, 2.45) is 0 Å². The zero-order valence-electron chi connectivity index (χ0n) is 12.4. The van der Waals surface area contributed by atoms with Crippen LogP contribution >= 0.6 is 46.4 Å². The van der Waals surface area contributed by atoms with Gasteiger partial charge in [0.2, 0.25) is 5.28 Å². The molecule has 0 aliphatic carbocycles. The van der Waals surface area contributed by atoms with Gasteiger partial charge in [0.1, 0.15) is 10.3 Å². The summed E-state index contributed by atoms with van der Waals surface area (Å²) < 4.78 is 0. The largest absolute Gasteiger partial charge is 0.225 e. The van der Waals surface area contributed by atoms with Gasteiger partial charge < -0.3 is 0 Å². The Morgan fingerprint density at radius 1 is 0.792 bits per heavy atom. The highest BCUT2D eigenvalue weighted by atomic mass is 35.5. The third-order valence-electron chi connectivity index (χ3n) is 3.70. The molecule has 1 heterocycles. The molecule has 0 radical (unpaired) electrons.